The maximum absolute atomic E-state index is 13.4. The van der Waals surface area contributed by atoms with Gasteiger partial charge in [-0.3, -0.25) is 9.59 Å². The molecule has 1 atom stereocenters. The number of aromatic nitrogens is 2. The van der Waals surface area contributed by atoms with Gasteiger partial charge in [-0.15, -0.1) is 0 Å². The van der Waals surface area contributed by atoms with Gasteiger partial charge in [0.2, 0.25) is 11.8 Å². The number of rotatable bonds is 3. The lowest BCUT2D eigenvalue weighted by Crippen LogP contribution is -2.35. The highest BCUT2D eigenvalue weighted by atomic mass is 35.5. The van der Waals surface area contributed by atoms with Crippen molar-refractivity contribution in [1.29, 1.82) is 0 Å². The fourth-order valence-electron chi connectivity index (χ4n) is 3.22. The van der Waals surface area contributed by atoms with Gasteiger partial charge < -0.3 is 10.6 Å². The molecule has 0 fully saturated rings. The Balaban J connectivity index is 1.70. The van der Waals surface area contributed by atoms with Crippen LogP contribution in [0.15, 0.2) is 48.5 Å². The van der Waals surface area contributed by atoms with E-state index in [2.05, 4.69) is 15.7 Å². The van der Waals surface area contributed by atoms with Crippen LogP contribution in [0.25, 0.3) is 11.3 Å². The number of nitrogens with zero attached hydrogens (tertiary/aromatic N) is 2. The summed E-state index contributed by atoms with van der Waals surface area (Å²) in [5.74, 6) is -0.704. The molecule has 2 N–H and O–H groups in total. The molecule has 6 nitrogen and oxygen atoms in total. The zero-order valence-electron chi connectivity index (χ0n) is 14.9. The maximum atomic E-state index is 13.4. The lowest BCUT2D eigenvalue weighted by molar-refractivity contribution is -0.125. The number of hydrogen-bond acceptors (Lipinski definition) is 3. The Bertz CT molecular complexity index is 1080. The summed E-state index contributed by atoms with van der Waals surface area (Å²) in [5, 5.41) is 10.6. The fourth-order valence-corrected chi connectivity index (χ4v) is 3.34. The molecule has 1 aromatic heterocycles. The van der Waals surface area contributed by atoms with Gasteiger partial charge in [0.05, 0.1) is 12.1 Å². The number of carbonyl (C=O) groups excluding carboxylic acids is 2. The molecule has 0 unspecified atom stereocenters. The first-order valence-electron chi connectivity index (χ1n) is 8.63. The van der Waals surface area contributed by atoms with Crippen LogP contribution in [0.5, 0.6) is 0 Å². The first-order valence-corrected chi connectivity index (χ1v) is 9.01. The molecule has 1 aliphatic heterocycles. The second-order valence-electron chi connectivity index (χ2n) is 6.54. The average Bonchev–Trinajstić information content (AvgIpc) is 2.98. The van der Waals surface area contributed by atoms with Crippen LogP contribution in [-0.4, -0.2) is 21.6 Å². The lowest BCUT2D eigenvalue weighted by Gasteiger charge is -2.24. The van der Waals surface area contributed by atoms with Gasteiger partial charge in [0.1, 0.15) is 17.7 Å². The third-order valence-electron chi connectivity index (χ3n) is 4.59. The summed E-state index contributed by atoms with van der Waals surface area (Å²) >= 11 is 5.95. The molecule has 0 radical (unpaired) electrons. The van der Waals surface area contributed by atoms with E-state index in [4.69, 9.17) is 11.6 Å². The van der Waals surface area contributed by atoms with Crippen molar-refractivity contribution < 1.29 is 14.0 Å². The van der Waals surface area contributed by atoms with E-state index in [9.17, 15) is 14.0 Å². The summed E-state index contributed by atoms with van der Waals surface area (Å²) in [5.41, 5.74) is 2.54. The number of nitrogens with one attached hydrogen (secondary N) is 2. The summed E-state index contributed by atoms with van der Waals surface area (Å²) in [6, 6.07) is 11.9. The molecule has 0 aliphatic carbocycles. The quantitative estimate of drug-likeness (QED) is 0.695. The Hall–Kier alpha value is -3.19. The minimum absolute atomic E-state index is 0.0602. The Morgan fingerprint density at radius 2 is 2.04 bits per heavy atom. The number of benzene rings is 2. The van der Waals surface area contributed by atoms with Crippen LogP contribution in [-0.2, 0) is 9.59 Å². The normalized spacial score (nSPS) is 15.7. The van der Waals surface area contributed by atoms with Gasteiger partial charge in [0.25, 0.3) is 0 Å². The number of carbonyl (C=O) groups is 2. The molecule has 142 valence electrons. The average molecular weight is 399 g/mol. The predicted molar refractivity (Wildman–Crippen MR) is 105 cm³/mol. The van der Waals surface area contributed by atoms with E-state index in [1.165, 1.54) is 22.9 Å². The molecular formula is C20H16ClFN4O2. The first-order chi connectivity index (χ1) is 13.4. The molecule has 3 aromatic rings. The molecular weight excluding hydrogens is 383 g/mol. The van der Waals surface area contributed by atoms with Crippen LogP contribution in [0.1, 0.15) is 18.0 Å². The Kier molecular flexibility index (Phi) is 4.60. The number of anilines is 2. The Labute approximate surface area is 165 Å². The second-order valence-corrected chi connectivity index (χ2v) is 6.98. The van der Waals surface area contributed by atoms with Crippen LogP contribution in [0.4, 0.5) is 15.9 Å². The van der Waals surface area contributed by atoms with E-state index in [1.54, 1.807) is 18.2 Å². The van der Waals surface area contributed by atoms with Crippen LogP contribution in [0, 0.1) is 12.7 Å². The van der Waals surface area contributed by atoms with Crippen molar-refractivity contribution in [2.24, 2.45) is 0 Å². The molecule has 2 heterocycles. The summed E-state index contributed by atoms with van der Waals surface area (Å²) in [6.45, 7) is 1.83. The van der Waals surface area contributed by atoms with Crippen LogP contribution >= 0.6 is 11.6 Å². The van der Waals surface area contributed by atoms with Crippen molar-refractivity contribution in [3.63, 3.8) is 0 Å². The van der Waals surface area contributed by atoms with E-state index >= 15 is 0 Å². The Morgan fingerprint density at radius 3 is 2.75 bits per heavy atom. The number of fused-ring (bicyclic) bond motifs is 1. The van der Waals surface area contributed by atoms with Crippen molar-refractivity contribution in [3.8, 4) is 11.3 Å². The number of hydrogen-bond donors (Lipinski definition) is 2. The number of halogens is 2. The maximum Gasteiger partial charge on any atom is 0.249 e. The minimum atomic E-state index is -0.841. The molecule has 28 heavy (non-hydrogen) atoms. The largest absolute Gasteiger partial charge is 0.324 e. The SMILES string of the molecule is Cc1c(-c2ccc(Cl)cc2)nn2c1NC(=O)C[C@H]2C(=O)Nc1cccc(F)c1. The molecule has 1 aliphatic rings. The molecule has 0 spiro atoms. The van der Waals surface area contributed by atoms with Gasteiger partial charge in [0.15, 0.2) is 0 Å². The smallest absolute Gasteiger partial charge is 0.249 e. The minimum Gasteiger partial charge on any atom is -0.324 e. The van der Waals surface area contributed by atoms with Gasteiger partial charge in [-0.05, 0) is 37.3 Å². The van der Waals surface area contributed by atoms with Crippen LogP contribution < -0.4 is 10.6 Å². The molecule has 8 heteroatoms. The van der Waals surface area contributed by atoms with Crippen LogP contribution in [0.3, 0.4) is 0 Å². The standard InChI is InChI=1S/C20H16ClFN4O2/c1-11-18(12-5-7-13(21)8-6-12)25-26-16(10-17(27)24-19(11)26)20(28)23-15-4-2-3-14(22)9-15/h2-9,16H,10H2,1H3,(H,23,28)(H,24,27)/t16-/m0/s1. The predicted octanol–water partition coefficient (Wildman–Crippen LogP) is 4.17. The summed E-state index contributed by atoms with van der Waals surface area (Å²) in [7, 11) is 0. The van der Waals surface area contributed by atoms with Crippen molar-refractivity contribution in [3.05, 3.63) is 64.9 Å². The van der Waals surface area contributed by atoms with Crippen molar-refractivity contribution in [2.75, 3.05) is 10.6 Å². The third-order valence-corrected chi connectivity index (χ3v) is 4.84. The highest BCUT2D eigenvalue weighted by molar-refractivity contribution is 6.30. The summed E-state index contributed by atoms with van der Waals surface area (Å²) < 4.78 is 14.9. The van der Waals surface area contributed by atoms with Crippen molar-refractivity contribution >= 4 is 34.9 Å². The zero-order valence-corrected chi connectivity index (χ0v) is 15.6. The summed E-state index contributed by atoms with van der Waals surface area (Å²) in [4.78, 5) is 25.0. The summed E-state index contributed by atoms with van der Waals surface area (Å²) in [6.07, 6.45) is -0.0602. The highest BCUT2D eigenvalue weighted by Gasteiger charge is 2.34. The molecule has 2 aromatic carbocycles. The van der Waals surface area contributed by atoms with E-state index in [0.717, 1.165) is 11.1 Å². The first kappa shape index (κ1) is 18.2. The highest BCUT2D eigenvalue weighted by Crippen LogP contribution is 2.34. The molecule has 0 saturated carbocycles. The van der Waals surface area contributed by atoms with Crippen molar-refractivity contribution in [1.82, 2.24) is 9.78 Å². The molecule has 0 bridgehead atoms. The third kappa shape index (κ3) is 3.36. The molecule has 4 rings (SSSR count). The van der Waals surface area contributed by atoms with Gasteiger partial charge in [-0.2, -0.15) is 5.10 Å². The van der Waals surface area contributed by atoms with E-state index in [-0.39, 0.29) is 12.3 Å². The monoisotopic (exact) mass is 398 g/mol. The van der Waals surface area contributed by atoms with Gasteiger partial charge in [-0.1, -0.05) is 29.8 Å². The van der Waals surface area contributed by atoms with Crippen molar-refractivity contribution in [2.45, 2.75) is 19.4 Å². The molecule has 0 saturated heterocycles. The fraction of sp³-hybridized carbons (Fsp3) is 0.150. The van der Waals surface area contributed by atoms with Gasteiger partial charge >= 0.3 is 0 Å². The van der Waals surface area contributed by atoms with Gasteiger partial charge in [-0.25, -0.2) is 9.07 Å². The van der Waals surface area contributed by atoms with Gasteiger partial charge in [0, 0.05) is 21.8 Å². The lowest BCUT2D eigenvalue weighted by atomic mass is 10.1. The van der Waals surface area contributed by atoms with Crippen LogP contribution in [0.2, 0.25) is 5.02 Å². The Morgan fingerprint density at radius 1 is 1.29 bits per heavy atom. The van der Waals surface area contributed by atoms with E-state index < -0.39 is 17.8 Å². The zero-order chi connectivity index (χ0) is 19.8. The topological polar surface area (TPSA) is 76.0 Å². The molecule has 2 amide bonds. The second kappa shape index (κ2) is 7.09. The van der Waals surface area contributed by atoms with E-state index in [1.807, 2.05) is 19.1 Å². The van der Waals surface area contributed by atoms with E-state index in [0.29, 0.717) is 22.2 Å². The number of amides is 2.